The first-order chi connectivity index (χ1) is 3.06. The molecule has 1 nitrogen and oxygen atoms in total. The second-order valence-electron chi connectivity index (χ2n) is 2.37. The van der Waals surface area contributed by atoms with E-state index in [-0.39, 0.29) is 0 Å². The first-order valence-electron chi connectivity index (χ1n) is 2.15. The number of hydrogen-bond acceptors (Lipinski definition) is 2. The maximum absolute atomic E-state index is 4.44. The monoisotopic (exact) mass is 311 g/mol. The molecule has 0 aromatic heterocycles. The third kappa shape index (κ3) is 6.72. The summed E-state index contributed by atoms with van der Waals surface area (Å²) in [7, 11) is 0. The Morgan fingerprint density at radius 3 is 1.86 bits per heavy atom. The van der Waals surface area contributed by atoms with Crippen LogP contribution in [-0.2, 0) is 0 Å². The van der Waals surface area contributed by atoms with Crippen molar-refractivity contribution in [3.8, 4) is 0 Å². The second kappa shape index (κ2) is 2.89. The molecular formula is C4H9NPbS. The molecule has 0 bridgehead atoms. The molecule has 0 heterocycles. The van der Waals surface area contributed by atoms with Crippen LogP contribution >= 0.6 is 12.2 Å². The van der Waals surface area contributed by atoms with Gasteiger partial charge >= 0.3 is 55.1 Å². The number of thiocarbonyl (C=S) groups is 1. The van der Waals surface area contributed by atoms with E-state index in [9.17, 15) is 0 Å². The Morgan fingerprint density at radius 2 is 1.86 bits per heavy atom. The van der Waals surface area contributed by atoms with E-state index >= 15 is 0 Å². The summed E-state index contributed by atoms with van der Waals surface area (Å²) in [5.74, 6) is 0. The van der Waals surface area contributed by atoms with Crippen LogP contribution < -0.4 is 0 Å². The molecule has 0 fully saturated rings. The van der Waals surface area contributed by atoms with E-state index in [2.05, 4.69) is 33.6 Å². The first kappa shape index (κ1) is 7.72. The molecule has 0 aliphatic rings. The van der Waals surface area contributed by atoms with Crippen LogP contribution in [0.4, 0.5) is 0 Å². The summed E-state index contributed by atoms with van der Waals surface area (Å²) in [6, 6.07) is 0. The van der Waals surface area contributed by atoms with Crippen molar-refractivity contribution < 1.29 is 0 Å². The molecule has 0 aliphatic heterocycles. The van der Waals surface area contributed by atoms with Gasteiger partial charge in [0.2, 0.25) is 0 Å². The average Bonchev–Trinajstić information content (AvgIpc) is 1.30. The number of hydrogen-bond donors (Lipinski definition) is 0. The summed E-state index contributed by atoms with van der Waals surface area (Å²) in [6.45, 7) is 0. The van der Waals surface area contributed by atoms with Crippen molar-refractivity contribution in [2.75, 3.05) is 0 Å². The molecule has 0 aromatic rings. The molecule has 7 heavy (non-hydrogen) atoms. The Hall–Kier alpha value is 0.722. The zero-order valence-electron chi connectivity index (χ0n) is 4.86. The van der Waals surface area contributed by atoms with Gasteiger partial charge in [-0.25, -0.2) is 0 Å². The summed E-state index contributed by atoms with van der Waals surface area (Å²) in [6.07, 6.45) is 0. The maximum atomic E-state index is 4.44. The zero-order valence-corrected chi connectivity index (χ0v) is 9.56. The third-order valence-electron chi connectivity index (χ3n) is 0.381. The van der Waals surface area contributed by atoms with Crippen LogP contribution in [0.3, 0.4) is 0 Å². The van der Waals surface area contributed by atoms with E-state index in [1.54, 1.807) is 0 Å². The molecule has 0 atom stereocenters. The standard InChI is InChI=1S/CNS.3CH3.Pb/c2-1-3;;;;/h;3*1H3;/q-1;;;;+1. The SMILES string of the molecule is [CH3][Pb]([CH3])([CH3])[N]=C=S. The van der Waals surface area contributed by atoms with Crippen molar-refractivity contribution in [3.05, 3.63) is 0 Å². The molecule has 0 radical (unpaired) electrons. The molecular weight excluding hydrogens is 301 g/mol. The van der Waals surface area contributed by atoms with Crippen molar-refractivity contribution in [1.82, 2.24) is 0 Å². The molecule has 0 unspecified atom stereocenters. The van der Waals surface area contributed by atoms with Gasteiger partial charge in [0, 0.05) is 0 Å². The normalized spacial score (nSPS) is 10.1. The molecule has 0 amide bonds. The van der Waals surface area contributed by atoms with Crippen molar-refractivity contribution in [1.29, 1.82) is 0 Å². The van der Waals surface area contributed by atoms with E-state index in [4.69, 9.17) is 0 Å². The van der Waals surface area contributed by atoms with Crippen LogP contribution in [0.2, 0.25) is 13.4 Å². The van der Waals surface area contributed by atoms with Gasteiger partial charge in [-0.2, -0.15) is 0 Å². The Kier molecular flexibility index (Phi) is 3.19. The summed E-state index contributed by atoms with van der Waals surface area (Å²) in [5.41, 5.74) is 0. The topological polar surface area (TPSA) is 12.4 Å². The fourth-order valence-electron chi connectivity index (χ4n) is 0.137. The molecule has 3 heteroatoms. The Morgan fingerprint density at radius 1 is 1.43 bits per heavy atom. The van der Waals surface area contributed by atoms with Gasteiger partial charge in [-0.15, -0.1) is 0 Å². The Labute approximate surface area is 54.9 Å². The molecule has 0 rings (SSSR count). The first-order valence-corrected chi connectivity index (χ1v) is 16.0. The van der Waals surface area contributed by atoms with Crippen molar-refractivity contribution >= 4 is 38.9 Å². The second-order valence-corrected chi connectivity index (χ2v) is 20.3. The third-order valence-corrected chi connectivity index (χ3v) is 4.14. The van der Waals surface area contributed by atoms with Crippen LogP contribution in [0.15, 0.2) is 2.80 Å². The molecule has 0 saturated carbocycles. The number of isothiocyanates is 1. The number of rotatable bonds is 1. The van der Waals surface area contributed by atoms with Gasteiger partial charge in [-0.3, -0.25) is 0 Å². The Bertz CT molecular complexity index is 98.7. The summed E-state index contributed by atoms with van der Waals surface area (Å²) >= 11 is 2.47. The van der Waals surface area contributed by atoms with Gasteiger partial charge in [-0.05, 0) is 0 Å². The van der Waals surface area contributed by atoms with E-state index in [1.807, 2.05) is 0 Å². The van der Waals surface area contributed by atoms with Gasteiger partial charge in [0.1, 0.15) is 0 Å². The molecule has 0 spiro atoms. The van der Waals surface area contributed by atoms with Crippen molar-refractivity contribution in [2.45, 2.75) is 13.4 Å². The van der Waals surface area contributed by atoms with Crippen molar-refractivity contribution in [2.24, 2.45) is 2.80 Å². The quantitative estimate of drug-likeness (QED) is 0.409. The van der Waals surface area contributed by atoms with E-state index in [1.165, 1.54) is 0 Å². The van der Waals surface area contributed by atoms with Gasteiger partial charge < -0.3 is 0 Å². The van der Waals surface area contributed by atoms with E-state index in [0.29, 0.717) is 0 Å². The van der Waals surface area contributed by atoms with Gasteiger partial charge in [-0.1, -0.05) is 0 Å². The fourth-order valence-corrected chi connectivity index (χ4v) is 3.60. The summed E-state index contributed by atoms with van der Waals surface area (Å²) < 4.78 is 10.6. The van der Waals surface area contributed by atoms with Gasteiger partial charge in [0.05, 0.1) is 0 Å². The van der Waals surface area contributed by atoms with Crippen molar-refractivity contribution in [3.63, 3.8) is 0 Å². The summed E-state index contributed by atoms with van der Waals surface area (Å²) in [4.78, 5) is 0. The van der Waals surface area contributed by atoms with Crippen LogP contribution in [0, 0.1) is 0 Å². The van der Waals surface area contributed by atoms with Crippen LogP contribution in [0.5, 0.6) is 0 Å². The molecule has 40 valence electrons. The fraction of sp³-hybridized carbons (Fsp3) is 0.750. The minimum absolute atomic E-state index is 1.97. The van der Waals surface area contributed by atoms with E-state index in [0.717, 1.165) is 0 Å². The van der Waals surface area contributed by atoms with Crippen LogP contribution in [-0.4, -0.2) is 26.6 Å². The molecule has 0 N–H and O–H groups in total. The van der Waals surface area contributed by atoms with Gasteiger partial charge in [0.25, 0.3) is 0 Å². The predicted octanol–water partition coefficient (Wildman–Crippen LogP) is 1.92. The molecule has 0 aromatic carbocycles. The molecule has 0 aliphatic carbocycles. The number of nitrogens with zero attached hydrogens (tertiary/aromatic N) is 1. The Balaban J connectivity index is 3.80. The predicted molar refractivity (Wildman–Crippen MR) is 38.4 cm³/mol. The van der Waals surface area contributed by atoms with Crippen LogP contribution in [0.25, 0.3) is 0 Å². The van der Waals surface area contributed by atoms with Crippen LogP contribution in [0.1, 0.15) is 0 Å². The minimum atomic E-state index is -1.97. The van der Waals surface area contributed by atoms with E-state index < -0.39 is 21.5 Å². The molecule has 0 saturated heterocycles. The van der Waals surface area contributed by atoms with Gasteiger partial charge in [0.15, 0.2) is 0 Å². The summed E-state index contributed by atoms with van der Waals surface area (Å²) in [5, 5.41) is 2.41. The average molecular weight is 310 g/mol. The zero-order chi connectivity index (χ0) is 5.91.